The SMILES string of the molecule is CCC1CCC(N)(c2noc(-c3ccoc3)n2)CC1. The molecule has 0 amide bonds. The predicted octanol–water partition coefficient (Wildman–Crippen LogP) is 3.08. The van der Waals surface area contributed by atoms with Gasteiger partial charge in [-0.2, -0.15) is 4.98 Å². The molecule has 19 heavy (non-hydrogen) atoms. The maximum absolute atomic E-state index is 6.46. The van der Waals surface area contributed by atoms with Gasteiger partial charge in [0.1, 0.15) is 6.26 Å². The van der Waals surface area contributed by atoms with E-state index in [1.807, 2.05) is 0 Å². The average molecular weight is 261 g/mol. The van der Waals surface area contributed by atoms with Crippen molar-refractivity contribution in [1.29, 1.82) is 0 Å². The van der Waals surface area contributed by atoms with Crippen LogP contribution in [0.3, 0.4) is 0 Å². The van der Waals surface area contributed by atoms with E-state index < -0.39 is 5.54 Å². The first-order chi connectivity index (χ1) is 9.21. The first kappa shape index (κ1) is 12.4. The Hall–Kier alpha value is -1.62. The molecular formula is C14H19N3O2. The molecule has 0 bridgehead atoms. The van der Waals surface area contributed by atoms with Crippen LogP contribution < -0.4 is 5.73 Å². The summed E-state index contributed by atoms with van der Waals surface area (Å²) >= 11 is 0. The maximum atomic E-state index is 6.46. The van der Waals surface area contributed by atoms with Gasteiger partial charge in [-0.15, -0.1) is 0 Å². The largest absolute Gasteiger partial charge is 0.472 e. The first-order valence-electron chi connectivity index (χ1n) is 6.87. The molecule has 0 spiro atoms. The van der Waals surface area contributed by atoms with E-state index in [1.165, 1.54) is 6.42 Å². The van der Waals surface area contributed by atoms with Crippen molar-refractivity contribution in [2.45, 2.75) is 44.6 Å². The van der Waals surface area contributed by atoms with Crippen LogP contribution in [0.4, 0.5) is 0 Å². The standard InChI is InChI=1S/C14H19N3O2/c1-2-10-3-6-14(15,7-4-10)13-16-12(19-17-13)11-5-8-18-9-11/h5,8-10H,2-4,6-7,15H2,1H3. The van der Waals surface area contributed by atoms with Gasteiger partial charge in [0, 0.05) is 0 Å². The summed E-state index contributed by atoms with van der Waals surface area (Å²) in [4.78, 5) is 4.44. The van der Waals surface area contributed by atoms with Gasteiger partial charge in [0.2, 0.25) is 0 Å². The van der Waals surface area contributed by atoms with E-state index in [2.05, 4.69) is 17.1 Å². The molecule has 3 rings (SSSR count). The summed E-state index contributed by atoms with van der Waals surface area (Å²) in [7, 11) is 0. The van der Waals surface area contributed by atoms with Gasteiger partial charge in [-0.25, -0.2) is 0 Å². The third-order valence-corrected chi connectivity index (χ3v) is 4.21. The molecule has 0 radical (unpaired) electrons. The predicted molar refractivity (Wildman–Crippen MR) is 70.1 cm³/mol. The lowest BCUT2D eigenvalue weighted by Crippen LogP contribution is -2.41. The Labute approximate surface area is 112 Å². The third-order valence-electron chi connectivity index (χ3n) is 4.21. The second-order valence-electron chi connectivity index (χ2n) is 5.44. The highest BCUT2D eigenvalue weighted by molar-refractivity contribution is 5.49. The maximum Gasteiger partial charge on any atom is 0.261 e. The summed E-state index contributed by atoms with van der Waals surface area (Å²) in [5, 5.41) is 4.07. The molecule has 2 N–H and O–H groups in total. The third kappa shape index (κ3) is 2.30. The number of rotatable bonds is 3. The molecule has 0 unspecified atom stereocenters. The highest BCUT2D eigenvalue weighted by Crippen LogP contribution is 2.37. The van der Waals surface area contributed by atoms with Crippen LogP contribution in [-0.2, 0) is 5.54 Å². The van der Waals surface area contributed by atoms with Crippen molar-refractivity contribution in [3.63, 3.8) is 0 Å². The van der Waals surface area contributed by atoms with Crippen LogP contribution in [0.1, 0.15) is 44.9 Å². The summed E-state index contributed by atoms with van der Waals surface area (Å²) in [5.41, 5.74) is 6.82. The van der Waals surface area contributed by atoms with Crippen LogP contribution >= 0.6 is 0 Å². The Morgan fingerprint density at radius 2 is 2.21 bits per heavy atom. The Kier molecular flexibility index (Phi) is 3.14. The molecule has 0 atom stereocenters. The molecule has 1 aliphatic rings. The van der Waals surface area contributed by atoms with E-state index in [4.69, 9.17) is 14.7 Å². The van der Waals surface area contributed by atoms with E-state index in [0.29, 0.717) is 11.7 Å². The zero-order chi connectivity index (χ0) is 13.3. The summed E-state index contributed by atoms with van der Waals surface area (Å²) in [6.45, 7) is 2.24. The monoisotopic (exact) mass is 261 g/mol. The number of hydrogen-bond donors (Lipinski definition) is 1. The van der Waals surface area contributed by atoms with Crippen molar-refractivity contribution in [2.75, 3.05) is 0 Å². The highest BCUT2D eigenvalue weighted by Gasteiger charge is 2.37. The van der Waals surface area contributed by atoms with E-state index in [1.54, 1.807) is 18.6 Å². The molecular weight excluding hydrogens is 242 g/mol. The van der Waals surface area contributed by atoms with Gasteiger partial charge < -0.3 is 14.7 Å². The number of nitrogens with two attached hydrogens (primary N) is 1. The van der Waals surface area contributed by atoms with Crippen molar-refractivity contribution >= 4 is 0 Å². The molecule has 0 aliphatic heterocycles. The van der Waals surface area contributed by atoms with Crippen LogP contribution in [0.2, 0.25) is 0 Å². The fourth-order valence-electron chi connectivity index (χ4n) is 2.75. The van der Waals surface area contributed by atoms with Crippen LogP contribution in [-0.4, -0.2) is 10.1 Å². The topological polar surface area (TPSA) is 78.1 Å². The molecule has 5 heteroatoms. The Bertz CT molecular complexity index is 525. The van der Waals surface area contributed by atoms with Gasteiger partial charge in [-0.1, -0.05) is 18.5 Å². The number of aromatic nitrogens is 2. The Balaban J connectivity index is 1.79. The fraction of sp³-hybridized carbons (Fsp3) is 0.571. The minimum Gasteiger partial charge on any atom is -0.472 e. The van der Waals surface area contributed by atoms with Crippen molar-refractivity contribution in [2.24, 2.45) is 11.7 Å². The second-order valence-corrected chi connectivity index (χ2v) is 5.44. The lowest BCUT2D eigenvalue weighted by atomic mass is 9.76. The molecule has 2 aromatic heterocycles. The quantitative estimate of drug-likeness (QED) is 0.918. The summed E-state index contributed by atoms with van der Waals surface area (Å²) in [6.07, 6.45) is 8.54. The Morgan fingerprint density at radius 3 is 2.84 bits per heavy atom. The smallest absolute Gasteiger partial charge is 0.261 e. The molecule has 1 fully saturated rings. The van der Waals surface area contributed by atoms with E-state index in [0.717, 1.165) is 37.2 Å². The van der Waals surface area contributed by atoms with Gasteiger partial charge in [-0.05, 0) is 37.7 Å². The fourth-order valence-corrected chi connectivity index (χ4v) is 2.75. The molecule has 2 heterocycles. The van der Waals surface area contributed by atoms with Crippen molar-refractivity contribution in [1.82, 2.24) is 10.1 Å². The lowest BCUT2D eigenvalue weighted by Gasteiger charge is -2.34. The molecule has 0 aromatic carbocycles. The number of hydrogen-bond acceptors (Lipinski definition) is 5. The zero-order valence-corrected chi connectivity index (χ0v) is 11.1. The number of nitrogens with zero attached hydrogens (tertiary/aromatic N) is 2. The average Bonchev–Trinajstić information content (AvgIpc) is 3.10. The van der Waals surface area contributed by atoms with Crippen LogP contribution in [0, 0.1) is 5.92 Å². The summed E-state index contributed by atoms with van der Waals surface area (Å²) in [5.74, 6) is 1.89. The van der Waals surface area contributed by atoms with Gasteiger partial charge in [0.25, 0.3) is 5.89 Å². The first-order valence-corrected chi connectivity index (χ1v) is 6.87. The van der Waals surface area contributed by atoms with Gasteiger partial charge in [0.05, 0.1) is 17.4 Å². The molecule has 102 valence electrons. The van der Waals surface area contributed by atoms with Crippen molar-refractivity contribution < 1.29 is 8.94 Å². The normalized spacial score (nSPS) is 27.6. The minimum atomic E-state index is -0.433. The lowest BCUT2D eigenvalue weighted by molar-refractivity contribution is 0.216. The van der Waals surface area contributed by atoms with Crippen molar-refractivity contribution in [3.8, 4) is 11.5 Å². The minimum absolute atomic E-state index is 0.433. The van der Waals surface area contributed by atoms with Crippen LogP contribution in [0.15, 0.2) is 27.5 Å². The van der Waals surface area contributed by atoms with Crippen molar-refractivity contribution in [3.05, 3.63) is 24.4 Å². The Morgan fingerprint density at radius 1 is 1.42 bits per heavy atom. The highest BCUT2D eigenvalue weighted by atomic mass is 16.5. The summed E-state index contributed by atoms with van der Waals surface area (Å²) in [6, 6.07) is 1.80. The second kappa shape index (κ2) is 4.81. The van der Waals surface area contributed by atoms with Gasteiger partial charge >= 0.3 is 0 Å². The zero-order valence-electron chi connectivity index (χ0n) is 11.1. The molecule has 0 saturated heterocycles. The molecule has 1 saturated carbocycles. The van der Waals surface area contributed by atoms with Gasteiger partial charge in [-0.3, -0.25) is 0 Å². The van der Waals surface area contributed by atoms with Gasteiger partial charge in [0.15, 0.2) is 5.82 Å². The van der Waals surface area contributed by atoms with E-state index >= 15 is 0 Å². The van der Waals surface area contributed by atoms with E-state index in [-0.39, 0.29) is 0 Å². The summed E-state index contributed by atoms with van der Waals surface area (Å²) < 4.78 is 10.3. The molecule has 1 aliphatic carbocycles. The number of furan rings is 1. The van der Waals surface area contributed by atoms with E-state index in [9.17, 15) is 0 Å². The molecule has 5 nitrogen and oxygen atoms in total. The van der Waals surface area contributed by atoms with Crippen LogP contribution in [0.25, 0.3) is 11.5 Å². The molecule has 2 aromatic rings. The van der Waals surface area contributed by atoms with Crippen LogP contribution in [0.5, 0.6) is 0 Å².